The van der Waals surface area contributed by atoms with E-state index < -0.39 is 0 Å². The Morgan fingerprint density at radius 2 is 1.76 bits per heavy atom. The van der Waals surface area contributed by atoms with Gasteiger partial charge in [-0.15, -0.1) is 0 Å². The highest BCUT2D eigenvalue weighted by Gasteiger charge is 2.20. The Morgan fingerprint density at radius 3 is 2.45 bits per heavy atom. The van der Waals surface area contributed by atoms with E-state index in [-0.39, 0.29) is 0 Å². The summed E-state index contributed by atoms with van der Waals surface area (Å²) in [4.78, 5) is 14.4. The Morgan fingerprint density at radius 1 is 1.00 bits per heavy atom. The van der Waals surface area contributed by atoms with Crippen LogP contribution in [0.25, 0.3) is 0 Å². The van der Waals surface area contributed by atoms with Crippen molar-refractivity contribution >= 4 is 11.6 Å². The van der Waals surface area contributed by atoms with Crippen molar-refractivity contribution < 1.29 is 4.74 Å². The zero-order chi connectivity index (χ0) is 20.5. The average Bonchev–Trinajstić information content (AvgIpc) is 2.98. The van der Waals surface area contributed by atoms with Crippen LogP contribution in [0.3, 0.4) is 0 Å². The minimum absolute atomic E-state index is 0.907. The van der Waals surface area contributed by atoms with Crippen LogP contribution >= 0.6 is 0 Å². The maximum atomic E-state index is 5.26. The van der Waals surface area contributed by atoms with Crippen LogP contribution in [0.1, 0.15) is 12.8 Å². The molecule has 0 bridgehead atoms. The summed E-state index contributed by atoms with van der Waals surface area (Å²) in [7, 11) is 5.82. The number of likely N-dealkylation sites (N-methyl/N-ethyl adjacent to an activating group) is 1. The van der Waals surface area contributed by atoms with Crippen molar-refractivity contribution in [3.63, 3.8) is 0 Å². The van der Waals surface area contributed by atoms with E-state index in [0.29, 0.717) is 0 Å². The largest absolute Gasteiger partial charge is 0.497 e. The van der Waals surface area contributed by atoms with Crippen LogP contribution in [0.15, 0.2) is 29.3 Å². The van der Waals surface area contributed by atoms with E-state index in [9.17, 15) is 0 Å². The number of benzene rings is 1. The van der Waals surface area contributed by atoms with E-state index >= 15 is 0 Å². The SMILES string of the molecule is CN=C(NCCCN1CCCN(C)CC1)N1CCN(c2ccc(OC)cc2)CC1. The molecule has 2 aliphatic heterocycles. The number of hydrogen-bond acceptors (Lipinski definition) is 5. The molecule has 7 heteroatoms. The van der Waals surface area contributed by atoms with Crippen molar-refractivity contribution in [2.24, 2.45) is 4.99 Å². The molecule has 0 radical (unpaired) electrons. The highest BCUT2D eigenvalue weighted by Crippen LogP contribution is 2.20. The van der Waals surface area contributed by atoms with Gasteiger partial charge in [0.25, 0.3) is 0 Å². The number of anilines is 1. The van der Waals surface area contributed by atoms with Crippen molar-refractivity contribution in [1.82, 2.24) is 20.0 Å². The molecule has 162 valence electrons. The quantitative estimate of drug-likeness (QED) is 0.441. The molecule has 3 rings (SSSR count). The first-order valence-corrected chi connectivity index (χ1v) is 10.9. The first-order valence-electron chi connectivity index (χ1n) is 10.9. The summed E-state index contributed by atoms with van der Waals surface area (Å²) in [5.41, 5.74) is 1.26. The maximum absolute atomic E-state index is 5.26. The molecule has 2 fully saturated rings. The molecule has 2 aliphatic rings. The van der Waals surface area contributed by atoms with E-state index in [0.717, 1.165) is 50.9 Å². The van der Waals surface area contributed by atoms with E-state index in [2.05, 4.69) is 49.1 Å². The average molecular weight is 403 g/mol. The first-order chi connectivity index (χ1) is 14.2. The van der Waals surface area contributed by atoms with Crippen LogP contribution in [0.5, 0.6) is 5.75 Å². The second-order valence-corrected chi connectivity index (χ2v) is 8.00. The van der Waals surface area contributed by atoms with Gasteiger partial charge in [-0.25, -0.2) is 0 Å². The zero-order valence-corrected chi connectivity index (χ0v) is 18.4. The first kappa shape index (κ1) is 21.7. The lowest BCUT2D eigenvalue weighted by molar-refractivity contribution is 0.273. The zero-order valence-electron chi connectivity index (χ0n) is 18.4. The fourth-order valence-electron chi connectivity index (χ4n) is 4.13. The Labute approximate surface area is 176 Å². The summed E-state index contributed by atoms with van der Waals surface area (Å²) < 4.78 is 5.26. The number of ether oxygens (including phenoxy) is 1. The maximum Gasteiger partial charge on any atom is 0.193 e. The van der Waals surface area contributed by atoms with Gasteiger partial charge in [-0.2, -0.15) is 0 Å². The summed E-state index contributed by atoms with van der Waals surface area (Å²) in [5, 5.41) is 3.58. The van der Waals surface area contributed by atoms with Crippen LogP contribution in [-0.4, -0.2) is 107 Å². The van der Waals surface area contributed by atoms with Crippen molar-refractivity contribution in [1.29, 1.82) is 0 Å². The predicted molar refractivity (Wildman–Crippen MR) is 121 cm³/mol. The number of hydrogen-bond donors (Lipinski definition) is 1. The van der Waals surface area contributed by atoms with Gasteiger partial charge in [0, 0.05) is 58.5 Å². The Bertz CT molecular complexity index is 627. The molecule has 0 aromatic heterocycles. The summed E-state index contributed by atoms with van der Waals surface area (Å²) >= 11 is 0. The minimum Gasteiger partial charge on any atom is -0.497 e. The Balaban J connectivity index is 1.37. The predicted octanol–water partition coefficient (Wildman–Crippen LogP) is 1.42. The van der Waals surface area contributed by atoms with Gasteiger partial charge in [0.2, 0.25) is 0 Å². The van der Waals surface area contributed by atoms with Crippen molar-refractivity contribution in [2.45, 2.75) is 12.8 Å². The lowest BCUT2D eigenvalue weighted by atomic mass is 10.2. The molecular weight excluding hydrogens is 364 g/mol. The van der Waals surface area contributed by atoms with E-state index in [4.69, 9.17) is 4.74 Å². The molecule has 0 unspecified atom stereocenters. The highest BCUT2D eigenvalue weighted by atomic mass is 16.5. The number of aliphatic imine (C=N–C) groups is 1. The molecule has 2 saturated heterocycles. The van der Waals surface area contributed by atoms with Gasteiger partial charge in [0.05, 0.1) is 7.11 Å². The fourth-order valence-corrected chi connectivity index (χ4v) is 4.13. The number of methoxy groups -OCH3 is 1. The van der Waals surface area contributed by atoms with Gasteiger partial charge in [-0.05, 0) is 63.8 Å². The molecule has 1 N–H and O–H groups in total. The van der Waals surface area contributed by atoms with Crippen molar-refractivity contribution in [3.05, 3.63) is 24.3 Å². The summed E-state index contributed by atoms with van der Waals surface area (Å²) in [6.07, 6.45) is 2.44. The van der Waals surface area contributed by atoms with Gasteiger partial charge in [-0.3, -0.25) is 4.99 Å². The fraction of sp³-hybridized carbons (Fsp3) is 0.682. The van der Waals surface area contributed by atoms with Crippen LogP contribution in [0.2, 0.25) is 0 Å². The highest BCUT2D eigenvalue weighted by molar-refractivity contribution is 5.80. The molecule has 0 atom stereocenters. The standard InChI is InChI=1S/C22H38N6O/c1-23-22(24-10-4-12-26-13-5-11-25(2)14-15-26)28-18-16-27(17-19-28)20-6-8-21(29-3)9-7-20/h6-9H,4-5,10-19H2,1-3H3,(H,23,24). The van der Waals surface area contributed by atoms with Gasteiger partial charge in [0.15, 0.2) is 5.96 Å². The lowest BCUT2D eigenvalue weighted by Crippen LogP contribution is -2.52. The molecule has 0 saturated carbocycles. The van der Waals surface area contributed by atoms with Gasteiger partial charge < -0.3 is 29.7 Å². The van der Waals surface area contributed by atoms with Gasteiger partial charge in [-0.1, -0.05) is 0 Å². The number of rotatable bonds is 6. The van der Waals surface area contributed by atoms with Crippen LogP contribution < -0.4 is 15.0 Å². The molecule has 0 spiro atoms. The van der Waals surface area contributed by atoms with Crippen molar-refractivity contribution in [2.75, 3.05) is 91.6 Å². The normalized spacial score (nSPS) is 19.9. The van der Waals surface area contributed by atoms with Crippen LogP contribution in [-0.2, 0) is 0 Å². The third-order valence-electron chi connectivity index (χ3n) is 5.97. The number of nitrogens with one attached hydrogen (secondary N) is 1. The van der Waals surface area contributed by atoms with E-state index in [1.165, 1.54) is 44.8 Å². The molecule has 2 heterocycles. The summed E-state index contributed by atoms with van der Waals surface area (Å²) in [6.45, 7) is 11.0. The van der Waals surface area contributed by atoms with Gasteiger partial charge >= 0.3 is 0 Å². The number of guanidine groups is 1. The molecule has 0 amide bonds. The van der Waals surface area contributed by atoms with Crippen LogP contribution in [0.4, 0.5) is 5.69 Å². The van der Waals surface area contributed by atoms with Crippen molar-refractivity contribution in [3.8, 4) is 5.75 Å². The third-order valence-corrected chi connectivity index (χ3v) is 5.97. The number of nitrogens with zero attached hydrogens (tertiary/aromatic N) is 5. The van der Waals surface area contributed by atoms with Crippen LogP contribution in [0, 0.1) is 0 Å². The van der Waals surface area contributed by atoms with Gasteiger partial charge in [0.1, 0.15) is 5.75 Å². The monoisotopic (exact) mass is 402 g/mol. The second kappa shape index (κ2) is 11.3. The molecule has 0 aliphatic carbocycles. The third kappa shape index (κ3) is 6.51. The number of piperazine rings is 1. The summed E-state index contributed by atoms with van der Waals surface area (Å²) in [5.74, 6) is 1.94. The van der Waals surface area contributed by atoms with E-state index in [1.807, 2.05) is 19.2 Å². The molecule has 7 nitrogen and oxygen atoms in total. The minimum atomic E-state index is 0.907. The molecule has 1 aromatic carbocycles. The second-order valence-electron chi connectivity index (χ2n) is 8.00. The Hall–Kier alpha value is -1.99. The Kier molecular flexibility index (Phi) is 8.43. The lowest BCUT2D eigenvalue weighted by Gasteiger charge is -2.37. The topological polar surface area (TPSA) is 46.6 Å². The summed E-state index contributed by atoms with van der Waals surface area (Å²) in [6, 6.07) is 8.35. The van der Waals surface area contributed by atoms with E-state index in [1.54, 1.807) is 7.11 Å². The smallest absolute Gasteiger partial charge is 0.193 e. The molecule has 1 aromatic rings. The molecular formula is C22H38N6O. The molecule has 29 heavy (non-hydrogen) atoms.